The maximum atomic E-state index is 12.7. The number of anilines is 3. The first-order valence-corrected chi connectivity index (χ1v) is 8.20. The van der Waals surface area contributed by atoms with E-state index in [1.54, 1.807) is 10.7 Å². The number of rotatable bonds is 1. The van der Waals surface area contributed by atoms with E-state index in [4.69, 9.17) is 0 Å². The molecular formula is C18H20N6O. The summed E-state index contributed by atoms with van der Waals surface area (Å²) in [6.07, 6.45) is 1.56. The number of carbonyl (C=O) groups excluding carboxylic acids is 1. The summed E-state index contributed by atoms with van der Waals surface area (Å²) >= 11 is 0. The second-order valence-corrected chi connectivity index (χ2v) is 6.84. The average Bonchev–Trinajstić information content (AvgIpc) is 3.02. The molecule has 3 heterocycles. The summed E-state index contributed by atoms with van der Waals surface area (Å²) in [6, 6.07) is 10.0. The van der Waals surface area contributed by atoms with Crippen LogP contribution in [0.4, 0.5) is 17.3 Å². The molecule has 0 spiro atoms. The summed E-state index contributed by atoms with van der Waals surface area (Å²) in [6.45, 7) is 4.75. The molecule has 0 unspecified atom stereocenters. The fourth-order valence-electron chi connectivity index (χ4n) is 3.03. The molecule has 1 aliphatic heterocycles. The van der Waals surface area contributed by atoms with Crippen molar-refractivity contribution in [1.29, 1.82) is 0 Å². The predicted octanol–water partition coefficient (Wildman–Crippen LogP) is 2.54. The summed E-state index contributed by atoms with van der Waals surface area (Å²) < 4.78 is 1.63. The molecule has 7 nitrogen and oxygen atoms in total. The molecule has 7 heteroatoms. The van der Waals surface area contributed by atoms with Crippen molar-refractivity contribution in [1.82, 2.24) is 19.9 Å². The van der Waals surface area contributed by atoms with Crippen molar-refractivity contribution in [3.8, 4) is 0 Å². The summed E-state index contributed by atoms with van der Waals surface area (Å²) in [5.41, 5.74) is 2.87. The van der Waals surface area contributed by atoms with Crippen LogP contribution in [-0.2, 0) is 5.41 Å². The topological polar surface area (TPSA) is 83.3 Å². The van der Waals surface area contributed by atoms with Crippen LogP contribution in [-0.4, -0.2) is 34.1 Å². The largest absolute Gasteiger partial charge is 0.373 e. The van der Waals surface area contributed by atoms with Crippen LogP contribution in [0.2, 0.25) is 0 Å². The third kappa shape index (κ3) is 2.57. The molecule has 3 N–H and O–H groups in total. The first-order chi connectivity index (χ1) is 12.0. The van der Waals surface area contributed by atoms with Crippen molar-refractivity contribution >= 4 is 28.9 Å². The summed E-state index contributed by atoms with van der Waals surface area (Å²) in [4.78, 5) is 17.3. The van der Waals surface area contributed by atoms with Crippen LogP contribution in [0.25, 0.3) is 5.65 Å². The lowest BCUT2D eigenvalue weighted by molar-refractivity contribution is 0.0947. The SMILES string of the molecule is CNc1cc2nc3c(cnn13)C(=O)NCC(C)(C)c1cccc(c1)N2. The molecule has 3 aromatic rings. The molecular weight excluding hydrogens is 316 g/mol. The Bertz CT molecular complexity index is 975. The third-order valence-electron chi connectivity index (χ3n) is 4.58. The van der Waals surface area contributed by atoms with Crippen molar-refractivity contribution in [2.75, 3.05) is 24.2 Å². The predicted molar refractivity (Wildman–Crippen MR) is 97.6 cm³/mol. The fraction of sp³-hybridized carbons (Fsp3) is 0.278. The molecule has 4 bridgehead atoms. The highest BCUT2D eigenvalue weighted by atomic mass is 16.1. The van der Waals surface area contributed by atoms with E-state index in [2.05, 4.69) is 52.0 Å². The zero-order chi connectivity index (χ0) is 17.6. The van der Waals surface area contributed by atoms with E-state index in [0.717, 1.165) is 17.1 Å². The van der Waals surface area contributed by atoms with Gasteiger partial charge in [-0.05, 0) is 17.7 Å². The number of amides is 1. The molecule has 2 aromatic heterocycles. The maximum absolute atomic E-state index is 12.7. The first kappa shape index (κ1) is 15.4. The normalized spacial score (nSPS) is 15.9. The highest BCUT2D eigenvalue weighted by Crippen LogP contribution is 2.28. The molecule has 128 valence electrons. The van der Waals surface area contributed by atoms with Gasteiger partial charge < -0.3 is 16.0 Å². The maximum Gasteiger partial charge on any atom is 0.256 e. The average molecular weight is 336 g/mol. The van der Waals surface area contributed by atoms with Gasteiger partial charge in [0.15, 0.2) is 5.65 Å². The van der Waals surface area contributed by atoms with Gasteiger partial charge in [-0.1, -0.05) is 26.0 Å². The van der Waals surface area contributed by atoms with Gasteiger partial charge in [-0.25, -0.2) is 4.98 Å². The molecule has 0 atom stereocenters. The summed E-state index contributed by atoms with van der Waals surface area (Å²) in [7, 11) is 1.81. The second-order valence-electron chi connectivity index (χ2n) is 6.84. The molecule has 0 aliphatic carbocycles. The van der Waals surface area contributed by atoms with Crippen molar-refractivity contribution in [2.24, 2.45) is 0 Å². The Morgan fingerprint density at radius 3 is 2.92 bits per heavy atom. The molecule has 0 radical (unpaired) electrons. The van der Waals surface area contributed by atoms with E-state index in [-0.39, 0.29) is 11.3 Å². The minimum Gasteiger partial charge on any atom is -0.373 e. The van der Waals surface area contributed by atoms with Gasteiger partial charge in [0.2, 0.25) is 0 Å². The molecule has 1 aromatic carbocycles. The monoisotopic (exact) mass is 336 g/mol. The number of carbonyl (C=O) groups is 1. The Hall–Kier alpha value is -3.09. The lowest BCUT2D eigenvalue weighted by atomic mass is 9.84. The molecule has 0 saturated heterocycles. The summed E-state index contributed by atoms with van der Waals surface area (Å²) in [5.74, 6) is 1.23. The fourth-order valence-corrected chi connectivity index (χ4v) is 3.03. The van der Waals surface area contributed by atoms with Crippen molar-refractivity contribution in [3.63, 3.8) is 0 Å². The number of fused-ring (bicyclic) bond motifs is 3. The lowest BCUT2D eigenvalue weighted by Crippen LogP contribution is -2.36. The Labute approximate surface area is 145 Å². The first-order valence-electron chi connectivity index (χ1n) is 8.20. The van der Waals surface area contributed by atoms with Gasteiger partial charge >= 0.3 is 0 Å². The van der Waals surface area contributed by atoms with Gasteiger partial charge in [-0.2, -0.15) is 9.61 Å². The zero-order valence-electron chi connectivity index (χ0n) is 14.4. The minimum absolute atomic E-state index is 0.175. The molecule has 0 fully saturated rings. The van der Waals surface area contributed by atoms with Crippen LogP contribution >= 0.6 is 0 Å². The Balaban J connectivity index is 1.94. The number of benzene rings is 1. The van der Waals surface area contributed by atoms with Crippen LogP contribution in [0.15, 0.2) is 36.5 Å². The van der Waals surface area contributed by atoms with Crippen molar-refractivity contribution < 1.29 is 4.79 Å². The van der Waals surface area contributed by atoms with Gasteiger partial charge in [0.25, 0.3) is 5.91 Å². The Kier molecular flexibility index (Phi) is 3.38. The molecule has 25 heavy (non-hydrogen) atoms. The van der Waals surface area contributed by atoms with Gasteiger partial charge in [-0.3, -0.25) is 4.79 Å². The number of hydrogen-bond acceptors (Lipinski definition) is 5. The van der Waals surface area contributed by atoms with Crippen molar-refractivity contribution in [2.45, 2.75) is 19.3 Å². The van der Waals surface area contributed by atoms with E-state index < -0.39 is 0 Å². The van der Waals surface area contributed by atoms with E-state index >= 15 is 0 Å². The molecule has 1 aliphatic rings. The third-order valence-corrected chi connectivity index (χ3v) is 4.58. The molecule has 1 amide bonds. The van der Waals surface area contributed by atoms with E-state index in [1.165, 1.54) is 0 Å². The van der Waals surface area contributed by atoms with Crippen LogP contribution < -0.4 is 16.0 Å². The van der Waals surface area contributed by atoms with Gasteiger partial charge in [-0.15, -0.1) is 0 Å². The quantitative estimate of drug-likeness (QED) is 0.636. The second kappa shape index (κ2) is 5.47. The molecule has 0 saturated carbocycles. The van der Waals surface area contributed by atoms with Crippen molar-refractivity contribution in [3.05, 3.63) is 47.7 Å². The highest BCUT2D eigenvalue weighted by molar-refractivity contribution is 6.00. The van der Waals surface area contributed by atoms with E-state index in [0.29, 0.717) is 23.6 Å². The number of nitrogens with zero attached hydrogens (tertiary/aromatic N) is 3. The van der Waals surface area contributed by atoms with E-state index in [9.17, 15) is 4.79 Å². The highest BCUT2D eigenvalue weighted by Gasteiger charge is 2.24. The molecule has 4 rings (SSSR count). The van der Waals surface area contributed by atoms with E-state index in [1.807, 2.05) is 25.2 Å². The lowest BCUT2D eigenvalue weighted by Gasteiger charge is -2.26. The van der Waals surface area contributed by atoms with Crippen LogP contribution in [0.1, 0.15) is 29.8 Å². The number of nitrogens with one attached hydrogen (secondary N) is 3. The van der Waals surface area contributed by atoms with Crippen LogP contribution in [0.3, 0.4) is 0 Å². The van der Waals surface area contributed by atoms with Gasteiger partial charge in [0, 0.05) is 30.8 Å². The Morgan fingerprint density at radius 2 is 2.12 bits per heavy atom. The Morgan fingerprint density at radius 1 is 1.28 bits per heavy atom. The van der Waals surface area contributed by atoms with Gasteiger partial charge in [0.1, 0.15) is 17.2 Å². The summed E-state index contributed by atoms with van der Waals surface area (Å²) in [5, 5.41) is 13.8. The minimum atomic E-state index is -0.198. The standard InChI is InChI=1S/C18H20N6O/c1-18(2)10-20-17(25)13-9-21-24-15(19-3)8-14(23-16(13)24)22-12-6-4-5-11(18)7-12/h4-9,19H,10H2,1-3H3,(H,20,25)(H,22,23). The number of aromatic nitrogens is 3. The smallest absolute Gasteiger partial charge is 0.256 e. The van der Waals surface area contributed by atoms with Gasteiger partial charge in [0.05, 0.1) is 6.20 Å². The number of hydrogen-bond donors (Lipinski definition) is 3. The van der Waals surface area contributed by atoms with Crippen LogP contribution in [0, 0.1) is 0 Å². The van der Waals surface area contributed by atoms with Crippen LogP contribution in [0.5, 0.6) is 0 Å². The zero-order valence-corrected chi connectivity index (χ0v) is 14.4.